The summed E-state index contributed by atoms with van der Waals surface area (Å²) in [7, 11) is 0.517. The summed E-state index contributed by atoms with van der Waals surface area (Å²) in [6.07, 6.45) is 1.63. The van der Waals surface area contributed by atoms with Gasteiger partial charge in [0, 0.05) is 19.0 Å². The third-order valence-corrected chi connectivity index (χ3v) is 4.73. The molecule has 5 heteroatoms. The number of hydrogen-bond acceptors (Lipinski definition) is 2. The van der Waals surface area contributed by atoms with Gasteiger partial charge in [0.15, 0.2) is 0 Å². The van der Waals surface area contributed by atoms with Crippen molar-refractivity contribution in [1.29, 1.82) is 0 Å². The summed E-state index contributed by atoms with van der Waals surface area (Å²) in [5, 5.41) is 2.87. The van der Waals surface area contributed by atoms with Crippen molar-refractivity contribution in [1.82, 2.24) is 0 Å². The van der Waals surface area contributed by atoms with Gasteiger partial charge in [0.2, 0.25) is 0 Å². The molecule has 4 nitrogen and oxygen atoms in total. The van der Waals surface area contributed by atoms with Gasteiger partial charge in [-0.3, -0.25) is 9.11 Å². The Balaban J connectivity index is 2.45. The van der Waals surface area contributed by atoms with Crippen molar-refractivity contribution < 1.29 is 9.00 Å². The highest BCUT2D eigenvalue weighted by Crippen LogP contribution is 2.36. The number of amides is 2. The van der Waals surface area contributed by atoms with E-state index in [1.165, 1.54) is 0 Å². The molecule has 24 heavy (non-hydrogen) atoms. The molecule has 2 rings (SSSR count). The molecule has 1 unspecified atom stereocenters. The molecule has 2 aromatic rings. The number of rotatable bonds is 3. The Morgan fingerprint density at radius 2 is 1.67 bits per heavy atom. The molecular weight excluding hydrogens is 320 g/mol. The molecule has 1 N–H and O–H groups in total. The highest BCUT2D eigenvalue weighted by atomic mass is 32.2. The van der Waals surface area contributed by atoms with Gasteiger partial charge in [0.05, 0.1) is 21.4 Å². The second-order valence-corrected chi connectivity index (χ2v) is 8.06. The zero-order chi connectivity index (χ0) is 17.9. The van der Waals surface area contributed by atoms with E-state index in [9.17, 15) is 9.00 Å². The minimum Gasteiger partial charge on any atom is -0.308 e. The molecule has 0 radical (unpaired) electrons. The van der Waals surface area contributed by atoms with Crippen LogP contribution in [0.4, 0.5) is 16.2 Å². The van der Waals surface area contributed by atoms with Gasteiger partial charge >= 0.3 is 6.03 Å². The zero-order valence-electron chi connectivity index (χ0n) is 14.8. The highest BCUT2D eigenvalue weighted by Gasteiger charge is 2.26. The second kappa shape index (κ2) is 7.18. The summed E-state index contributed by atoms with van der Waals surface area (Å²) in [5.41, 5.74) is 2.24. The maximum atomic E-state index is 12.7. The predicted octanol–water partition coefficient (Wildman–Crippen LogP) is 4.39. The molecule has 2 amide bonds. The quantitative estimate of drug-likeness (QED) is 0.898. The fourth-order valence-electron chi connectivity index (χ4n) is 2.54. The lowest BCUT2D eigenvalue weighted by molar-refractivity contribution is 0.258. The van der Waals surface area contributed by atoms with Crippen molar-refractivity contribution in [2.24, 2.45) is 0 Å². The van der Waals surface area contributed by atoms with Crippen molar-refractivity contribution in [3.05, 3.63) is 54.1 Å². The van der Waals surface area contributed by atoms with Crippen molar-refractivity contribution in [2.75, 3.05) is 23.5 Å². The van der Waals surface area contributed by atoms with Gasteiger partial charge < -0.3 is 5.32 Å². The Kier molecular flexibility index (Phi) is 5.44. The first-order valence-electron chi connectivity index (χ1n) is 7.78. The molecule has 2 aromatic carbocycles. The summed E-state index contributed by atoms with van der Waals surface area (Å²) in [4.78, 5) is 14.9. The fraction of sp³-hybridized carbons (Fsp3) is 0.316. The van der Waals surface area contributed by atoms with Crippen molar-refractivity contribution in [3.8, 4) is 0 Å². The molecule has 1 atom stereocenters. The number of para-hydroxylation sites is 2. The number of carbonyl (C=O) groups is 1. The van der Waals surface area contributed by atoms with Crippen LogP contribution in [0.25, 0.3) is 0 Å². The van der Waals surface area contributed by atoms with Crippen molar-refractivity contribution >= 4 is 28.2 Å². The van der Waals surface area contributed by atoms with Gasteiger partial charge in [-0.1, -0.05) is 51.1 Å². The molecule has 0 saturated heterocycles. The van der Waals surface area contributed by atoms with E-state index in [0.29, 0.717) is 10.6 Å². The SMILES string of the molecule is CN(C(=O)Nc1ccccc1)c1c(S(C)=O)cccc1C(C)(C)C. The van der Waals surface area contributed by atoms with Crippen LogP contribution < -0.4 is 10.2 Å². The largest absolute Gasteiger partial charge is 0.326 e. The fourth-order valence-corrected chi connectivity index (χ4v) is 3.33. The Hall–Kier alpha value is -2.14. The maximum absolute atomic E-state index is 12.7. The number of hydrogen-bond donors (Lipinski definition) is 1. The Morgan fingerprint density at radius 1 is 1.04 bits per heavy atom. The maximum Gasteiger partial charge on any atom is 0.326 e. The van der Waals surface area contributed by atoms with Crippen LogP contribution in [0.15, 0.2) is 53.4 Å². The summed E-state index contributed by atoms with van der Waals surface area (Å²) < 4.78 is 12.2. The molecule has 0 heterocycles. The molecule has 0 bridgehead atoms. The van der Waals surface area contributed by atoms with E-state index in [0.717, 1.165) is 11.3 Å². The van der Waals surface area contributed by atoms with Gasteiger partial charge in [0.1, 0.15) is 0 Å². The highest BCUT2D eigenvalue weighted by molar-refractivity contribution is 7.84. The van der Waals surface area contributed by atoms with E-state index in [-0.39, 0.29) is 11.4 Å². The zero-order valence-corrected chi connectivity index (χ0v) is 15.6. The number of nitrogens with one attached hydrogen (secondary N) is 1. The van der Waals surface area contributed by atoms with E-state index in [1.807, 2.05) is 48.5 Å². The lowest BCUT2D eigenvalue weighted by Gasteiger charge is -2.29. The van der Waals surface area contributed by atoms with Crippen molar-refractivity contribution in [3.63, 3.8) is 0 Å². The minimum absolute atomic E-state index is 0.175. The Bertz CT molecular complexity index is 752. The topological polar surface area (TPSA) is 49.4 Å². The molecule has 0 aliphatic heterocycles. The van der Waals surface area contributed by atoms with E-state index >= 15 is 0 Å². The van der Waals surface area contributed by atoms with E-state index < -0.39 is 10.8 Å². The second-order valence-electron chi connectivity index (χ2n) is 6.71. The van der Waals surface area contributed by atoms with Crippen molar-refractivity contribution in [2.45, 2.75) is 31.1 Å². The van der Waals surface area contributed by atoms with Gasteiger partial charge in [0.25, 0.3) is 0 Å². The van der Waals surface area contributed by atoms with E-state index in [4.69, 9.17) is 0 Å². The van der Waals surface area contributed by atoms with Gasteiger partial charge in [-0.05, 0) is 29.2 Å². The summed E-state index contributed by atoms with van der Waals surface area (Å²) in [6, 6.07) is 14.7. The van der Waals surface area contributed by atoms with Gasteiger partial charge in [-0.2, -0.15) is 0 Å². The first-order valence-corrected chi connectivity index (χ1v) is 9.34. The van der Waals surface area contributed by atoms with Crippen LogP contribution in [0.5, 0.6) is 0 Å². The Labute approximate surface area is 146 Å². The van der Waals surface area contributed by atoms with Gasteiger partial charge in [-0.15, -0.1) is 0 Å². The van der Waals surface area contributed by atoms with Crippen LogP contribution in [-0.2, 0) is 16.2 Å². The Morgan fingerprint density at radius 3 is 2.21 bits per heavy atom. The third-order valence-electron chi connectivity index (χ3n) is 3.78. The lowest BCUT2D eigenvalue weighted by Crippen LogP contribution is -2.34. The molecule has 0 aliphatic rings. The van der Waals surface area contributed by atoms with Crippen LogP contribution in [-0.4, -0.2) is 23.5 Å². The summed E-state index contributed by atoms with van der Waals surface area (Å²) in [6.45, 7) is 6.24. The molecule has 0 aliphatic carbocycles. The third kappa shape index (κ3) is 4.03. The van der Waals surface area contributed by atoms with Crippen LogP contribution in [0.3, 0.4) is 0 Å². The van der Waals surface area contributed by atoms with E-state index in [2.05, 4.69) is 26.1 Å². The first kappa shape index (κ1) is 18.2. The number of carbonyl (C=O) groups excluding carboxylic acids is 1. The normalized spacial score (nSPS) is 12.5. The average molecular weight is 344 g/mol. The minimum atomic E-state index is -1.19. The standard InChI is InChI=1S/C19H24N2O2S/c1-19(2,3)15-12-9-13-16(24(5)23)17(15)21(4)18(22)20-14-10-7-6-8-11-14/h6-13H,1-5H3,(H,20,22). The molecule has 0 fully saturated rings. The van der Waals surface area contributed by atoms with Gasteiger partial charge in [-0.25, -0.2) is 4.79 Å². The average Bonchev–Trinajstić information content (AvgIpc) is 2.53. The van der Waals surface area contributed by atoms with Crippen LogP contribution in [0.1, 0.15) is 26.3 Å². The number of nitrogens with zero attached hydrogens (tertiary/aromatic N) is 1. The number of benzene rings is 2. The first-order chi connectivity index (χ1) is 11.2. The number of anilines is 2. The number of urea groups is 1. The van der Waals surface area contributed by atoms with E-state index in [1.54, 1.807) is 18.2 Å². The molecule has 128 valence electrons. The molecule has 0 aromatic heterocycles. The predicted molar refractivity (Wildman–Crippen MR) is 101 cm³/mol. The monoisotopic (exact) mass is 344 g/mol. The summed E-state index contributed by atoms with van der Waals surface area (Å²) >= 11 is 0. The smallest absolute Gasteiger partial charge is 0.308 e. The summed E-state index contributed by atoms with van der Waals surface area (Å²) in [5.74, 6) is 0. The lowest BCUT2D eigenvalue weighted by atomic mass is 9.85. The van der Waals surface area contributed by atoms with Crippen LogP contribution in [0.2, 0.25) is 0 Å². The molecule has 0 saturated carbocycles. The van der Waals surface area contributed by atoms with Crippen LogP contribution in [0, 0.1) is 0 Å². The van der Waals surface area contributed by atoms with Crippen LogP contribution >= 0.6 is 0 Å². The molecule has 0 spiro atoms. The molecular formula is C19H24N2O2S.